The number of nitrogens with one attached hydrogen (secondary N) is 1. The van der Waals surface area contributed by atoms with Gasteiger partial charge in [-0.3, -0.25) is 0 Å². The minimum atomic E-state index is -0.196. The monoisotopic (exact) mass is 360 g/mol. The predicted molar refractivity (Wildman–Crippen MR) is 106 cm³/mol. The fraction of sp³-hybridized carbons (Fsp3) is 0.174. The second-order valence-electron chi connectivity index (χ2n) is 6.67. The van der Waals surface area contributed by atoms with Crippen molar-refractivity contribution in [2.24, 2.45) is 0 Å². The number of furan rings is 1. The van der Waals surface area contributed by atoms with Crippen LogP contribution in [0.3, 0.4) is 0 Å². The molecule has 27 heavy (non-hydrogen) atoms. The number of aryl methyl sites for hydroxylation is 3. The summed E-state index contributed by atoms with van der Waals surface area (Å²) < 4.78 is 18.6. The van der Waals surface area contributed by atoms with Crippen LogP contribution in [0.4, 0.5) is 10.2 Å². The van der Waals surface area contributed by atoms with Crippen molar-refractivity contribution in [1.82, 2.24) is 4.98 Å². The highest BCUT2D eigenvalue weighted by molar-refractivity contribution is 5.83. The van der Waals surface area contributed by atoms with Crippen LogP contribution in [0.15, 0.2) is 71.1 Å². The summed E-state index contributed by atoms with van der Waals surface area (Å²) in [5.74, 6) is 2.43. The van der Waals surface area contributed by atoms with Gasteiger partial charge in [-0.15, -0.1) is 0 Å². The Labute approximate surface area is 157 Å². The fourth-order valence-electron chi connectivity index (χ4n) is 3.22. The van der Waals surface area contributed by atoms with Crippen molar-refractivity contribution in [1.29, 1.82) is 0 Å². The van der Waals surface area contributed by atoms with Crippen LogP contribution in [-0.2, 0) is 19.4 Å². The van der Waals surface area contributed by atoms with Gasteiger partial charge in [-0.2, -0.15) is 0 Å². The van der Waals surface area contributed by atoms with Gasteiger partial charge in [0.15, 0.2) is 0 Å². The minimum absolute atomic E-state index is 0.196. The average molecular weight is 360 g/mol. The highest BCUT2D eigenvalue weighted by Crippen LogP contribution is 2.21. The Kier molecular flexibility index (Phi) is 4.88. The number of hydrogen-bond acceptors (Lipinski definition) is 3. The van der Waals surface area contributed by atoms with Crippen molar-refractivity contribution in [3.05, 3.63) is 95.2 Å². The third-order valence-electron chi connectivity index (χ3n) is 4.66. The molecule has 0 amide bonds. The molecule has 1 N–H and O–H groups in total. The number of rotatable bonds is 6. The van der Waals surface area contributed by atoms with E-state index >= 15 is 0 Å². The van der Waals surface area contributed by atoms with Crippen LogP contribution in [0, 0.1) is 12.7 Å². The molecule has 2 aromatic heterocycles. The summed E-state index contributed by atoms with van der Waals surface area (Å²) in [6, 6.07) is 20.9. The van der Waals surface area contributed by atoms with Crippen LogP contribution < -0.4 is 5.32 Å². The topological polar surface area (TPSA) is 38.1 Å². The van der Waals surface area contributed by atoms with Gasteiger partial charge in [0, 0.05) is 5.39 Å². The van der Waals surface area contributed by atoms with Crippen molar-refractivity contribution in [2.75, 3.05) is 5.32 Å². The van der Waals surface area contributed by atoms with Crippen molar-refractivity contribution < 1.29 is 8.81 Å². The second kappa shape index (κ2) is 7.62. The molecular weight excluding hydrogens is 339 g/mol. The molecule has 0 atom stereocenters. The van der Waals surface area contributed by atoms with E-state index in [4.69, 9.17) is 9.40 Å². The lowest BCUT2D eigenvalue weighted by Crippen LogP contribution is -2.01. The lowest BCUT2D eigenvalue weighted by Gasteiger charge is -2.09. The van der Waals surface area contributed by atoms with E-state index in [0.717, 1.165) is 46.6 Å². The van der Waals surface area contributed by atoms with E-state index < -0.39 is 0 Å². The van der Waals surface area contributed by atoms with E-state index in [1.807, 2.05) is 49.4 Å². The van der Waals surface area contributed by atoms with Gasteiger partial charge in [0.05, 0.1) is 12.1 Å². The largest absolute Gasteiger partial charge is 0.465 e. The molecule has 0 saturated carbocycles. The number of benzene rings is 2. The molecule has 0 aliphatic rings. The lowest BCUT2D eigenvalue weighted by atomic mass is 10.0. The smallest absolute Gasteiger partial charge is 0.127 e. The first kappa shape index (κ1) is 17.3. The Balaban J connectivity index is 1.48. The van der Waals surface area contributed by atoms with E-state index in [0.29, 0.717) is 6.54 Å². The Morgan fingerprint density at radius 2 is 1.78 bits per heavy atom. The van der Waals surface area contributed by atoms with Crippen LogP contribution in [0.25, 0.3) is 10.9 Å². The molecule has 0 aliphatic heterocycles. The molecule has 4 aromatic rings. The van der Waals surface area contributed by atoms with Crippen molar-refractivity contribution >= 4 is 16.7 Å². The van der Waals surface area contributed by atoms with Crippen LogP contribution >= 0.6 is 0 Å². The molecular formula is C23H21FN2O. The summed E-state index contributed by atoms with van der Waals surface area (Å²) in [4.78, 5) is 4.72. The number of nitrogens with zero attached hydrogens (tertiary/aromatic N) is 1. The summed E-state index contributed by atoms with van der Waals surface area (Å²) in [5, 5.41) is 4.46. The highest BCUT2D eigenvalue weighted by atomic mass is 19.1. The zero-order valence-electron chi connectivity index (χ0n) is 15.2. The normalized spacial score (nSPS) is 11.0. The molecule has 0 aliphatic carbocycles. The van der Waals surface area contributed by atoms with Gasteiger partial charge >= 0.3 is 0 Å². The van der Waals surface area contributed by atoms with Gasteiger partial charge < -0.3 is 9.73 Å². The maximum absolute atomic E-state index is 13.0. The van der Waals surface area contributed by atoms with Crippen molar-refractivity contribution in [3.63, 3.8) is 0 Å². The predicted octanol–water partition coefficient (Wildman–Crippen LogP) is 5.67. The summed E-state index contributed by atoms with van der Waals surface area (Å²) in [6.07, 6.45) is 1.76. The first-order valence-electron chi connectivity index (χ1n) is 9.10. The van der Waals surface area contributed by atoms with Crippen LogP contribution in [-0.4, -0.2) is 4.98 Å². The third kappa shape index (κ3) is 4.17. The number of halogens is 1. The molecule has 2 aromatic carbocycles. The molecule has 3 nitrogen and oxygen atoms in total. The summed E-state index contributed by atoms with van der Waals surface area (Å²) in [7, 11) is 0. The molecule has 4 heteroatoms. The molecule has 0 unspecified atom stereocenters. The average Bonchev–Trinajstić information content (AvgIpc) is 3.11. The summed E-state index contributed by atoms with van der Waals surface area (Å²) in [6.45, 7) is 2.54. The van der Waals surface area contributed by atoms with Gasteiger partial charge in [0.25, 0.3) is 0 Å². The third-order valence-corrected chi connectivity index (χ3v) is 4.66. The maximum Gasteiger partial charge on any atom is 0.127 e. The number of pyridine rings is 1. The van der Waals surface area contributed by atoms with Crippen LogP contribution in [0.5, 0.6) is 0 Å². The molecule has 0 bridgehead atoms. The molecule has 0 spiro atoms. The van der Waals surface area contributed by atoms with E-state index in [1.54, 1.807) is 0 Å². The Morgan fingerprint density at radius 3 is 2.56 bits per heavy atom. The maximum atomic E-state index is 13.0. The lowest BCUT2D eigenvalue weighted by molar-refractivity contribution is 0.490. The van der Waals surface area contributed by atoms with Gasteiger partial charge in [-0.25, -0.2) is 9.37 Å². The molecule has 136 valence electrons. The van der Waals surface area contributed by atoms with E-state index in [-0.39, 0.29) is 5.82 Å². The first-order valence-corrected chi connectivity index (χ1v) is 9.10. The summed E-state index contributed by atoms with van der Waals surface area (Å²) >= 11 is 0. The van der Waals surface area contributed by atoms with Crippen LogP contribution in [0.2, 0.25) is 0 Å². The zero-order chi connectivity index (χ0) is 18.6. The Morgan fingerprint density at radius 1 is 0.926 bits per heavy atom. The quantitative estimate of drug-likeness (QED) is 0.481. The fourth-order valence-corrected chi connectivity index (χ4v) is 3.22. The molecule has 4 rings (SSSR count). The minimum Gasteiger partial charge on any atom is -0.465 e. The Hall–Kier alpha value is -3.14. The number of anilines is 1. The second-order valence-corrected chi connectivity index (χ2v) is 6.67. The molecule has 2 heterocycles. The molecule has 0 radical (unpaired) electrons. The molecule has 0 fully saturated rings. The number of fused-ring (bicyclic) bond motifs is 1. The van der Waals surface area contributed by atoms with E-state index in [2.05, 4.69) is 17.4 Å². The van der Waals surface area contributed by atoms with Gasteiger partial charge in [-0.05, 0) is 73.4 Å². The van der Waals surface area contributed by atoms with Crippen molar-refractivity contribution in [2.45, 2.75) is 26.3 Å². The van der Waals surface area contributed by atoms with Gasteiger partial charge in [0.2, 0.25) is 0 Å². The zero-order valence-corrected chi connectivity index (χ0v) is 15.2. The van der Waals surface area contributed by atoms with Crippen LogP contribution in [0.1, 0.15) is 22.6 Å². The van der Waals surface area contributed by atoms with E-state index in [1.165, 1.54) is 17.7 Å². The molecule has 0 saturated heterocycles. The Bertz CT molecular complexity index is 1050. The van der Waals surface area contributed by atoms with Gasteiger partial charge in [-0.1, -0.05) is 24.3 Å². The van der Waals surface area contributed by atoms with E-state index in [9.17, 15) is 4.39 Å². The van der Waals surface area contributed by atoms with Crippen molar-refractivity contribution in [3.8, 4) is 0 Å². The first-order chi connectivity index (χ1) is 13.2. The number of hydrogen-bond donors (Lipinski definition) is 1. The SMILES string of the molecule is Cc1ccc(CNc2ccc3c(CCc4ccc(F)cc4)cccc3n2)o1. The summed E-state index contributed by atoms with van der Waals surface area (Å²) in [5.41, 5.74) is 3.35. The number of aromatic nitrogens is 1. The standard InChI is InChI=1S/C23H21FN2O/c1-16-5-12-20(27-16)15-25-23-14-13-21-18(3-2-4-22(21)26-23)9-6-17-7-10-19(24)11-8-17/h2-5,7-8,10-14H,6,9,15H2,1H3,(H,25,26). The highest BCUT2D eigenvalue weighted by Gasteiger charge is 2.05. The van der Waals surface area contributed by atoms with Gasteiger partial charge in [0.1, 0.15) is 23.2 Å².